The predicted octanol–water partition coefficient (Wildman–Crippen LogP) is 4.26. The van der Waals surface area contributed by atoms with E-state index in [0.717, 1.165) is 5.56 Å². The van der Waals surface area contributed by atoms with Gasteiger partial charge in [0.2, 0.25) is 0 Å². The molecule has 0 N–H and O–H groups in total. The summed E-state index contributed by atoms with van der Waals surface area (Å²) in [6.45, 7) is 5.89. The Hall–Kier alpha value is -2.40. The number of fused-ring (bicyclic) bond motifs is 1. The molecule has 2 aromatic carbocycles. The third kappa shape index (κ3) is 3.66. The second-order valence-electron chi connectivity index (χ2n) is 6.26. The van der Waals surface area contributed by atoms with E-state index in [4.69, 9.17) is 0 Å². The minimum atomic E-state index is -0.0640. The van der Waals surface area contributed by atoms with Gasteiger partial charge in [-0.05, 0) is 32.9 Å². The first-order chi connectivity index (χ1) is 12.0. The Morgan fingerprint density at radius 3 is 2.48 bits per heavy atom. The first kappa shape index (κ1) is 17.4. The number of benzene rings is 2. The van der Waals surface area contributed by atoms with Gasteiger partial charge in [-0.25, -0.2) is 4.98 Å². The minimum Gasteiger partial charge on any atom is -0.293 e. The number of ketones is 1. The van der Waals surface area contributed by atoms with E-state index in [1.807, 2.05) is 63.2 Å². The summed E-state index contributed by atoms with van der Waals surface area (Å²) in [5, 5.41) is 1.18. The van der Waals surface area contributed by atoms with Crippen LogP contribution >= 0.6 is 11.8 Å². The number of Topliss-reactive ketones (excluding diaryl/α,β-unsaturated/α-hetero) is 1. The fourth-order valence-electron chi connectivity index (χ4n) is 2.64. The number of para-hydroxylation sites is 1. The summed E-state index contributed by atoms with van der Waals surface area (Å²) in [6.07, 6.45) is 0. The van der Waals surface area contributed by atoms with E-state index < -0.39 is 0 Å². The first-order valence-corrected chi connectivity index (χ1v) is 9.20. The zero-order chi connectivity index (χ0) is 18.0. The zero-order valence-electron chi connectivity index (χ0n) is 14.5. The smallest absolute Gasteiger partial charge is 0.262 e. The number of hydrogen-bond donors (Lipinski definition) is 0. The van der Waals surface area contributed by atoms with E-state index in [1.54, 1.807) is 10.6 Å². The summed E-state index contributed by atoms with van der Waals surface area (Å²) < 4.78 is 1.66. The molecule has 4 nitrogen and oxygen atoms in total. The van der Waals surface area contributed by atoms with Gasteiger partial charge < -0.3 is 0 Å². The fourth-order valence-corrected chi connectivity index (χ4v) is 3.66. The molecule has 0 aliphatic heterocycles. The highest BCUT2D eigenvalue weighted by Gasteiger charge is 2.15. The molecule has 0 amide bonds. The molecule has 0 aliphatic rings. The van der Waals surface area contributed by atoms with Crippen LogP contribution in [0.2, 0.25) is 0 Å². The maximum Gasteiger partial charge on any atom is 0.262 e. The Bertz CT molecular complexity index is 975. The molecule has 0 saturated heterocycles. The molecule has 0 unspecified atom stereocenters. The van der Waals surface area contributed by atoms with Crippen molar-refractivity contribution in [2.75, 3.05) is 5.75 Å². The Balaban J connectivity index is 1.92. The number of hydrogen-bond acceptors (Lipinski definition) is 4. The molecule has 1 aromatic heterocycles. The van der Waals surface area contributed by atoms with Gasteiger partial charge in [0.1, 0.15) is 0 Å². The fraction of sp³-hybridized carbons (Fsp3) is 0.250. The van der Waals surface area contributed by atoms with E-state index in [1.165, 1.54) is 11.8 Å². The molecule has 0 atom stereocenters. The summed E-state index contributed by atoms with van der Waals surface area (Å²) in [5.41, 5.74) is 2.40. The van der Waals surface area contributed by atoms with Crippen molar-refractivity contribution >= 4 is 28.4 Å². The summed E-state index contributed by atoms with van der Waals surface area (Å²) in [5.74, 6) is 0.281. The van der Waals surface area contributed by atoms with Crippen LogP contribution < -0.4 is 5.56 Å². The van der Waals surface area contributed by atoms with Gasteiger partial charge in [0.25, 0.3) is 5.56 Å². The topological polar surface area (TPSA) is 52.0 Å². The van der Waals surface area contributed by atoms with Crippen LogP contribution in [0, 0.1) is 6.92 Å². The van der Waals surface area contributed by atoms with Crippen LogP contribution in [0.3, 0.4) is 0 Å². The number of nitrogens with zero attached hydrogens (tertiary/aromatic N) is 2. The lowest BCUT2D eigenvalue weighted by Gasteiger charge is -2.15. The molecule has 0 saturated carbocycles. The first-order valence-electron chi connectivity index (χ1n) is 8.21. The average molecular weight is 352 g/mol. The van der Waals surface area contributed by atoms with Crippen molar-refractivity contribution in [1.29, 1.82) is 0 Å². The summed E-state index contributed by atoms with van der Waals surface area (Å²) in [4.78, 5) is 29.8. The van der Waals surface area contributed by atoms with Crippen LogP contribution in [-0.2, 0) is 0 Å². The van der Waals surface area contributed by atoms with Gasteiger partial charge >= 0.3 is 0 Å². The molecule has 0 aliphatic carbocycles. The zero-order valence-corrected chi connectivity index (χ0v) is 15.3. The number of aryl methyl sites for hydroxylation is 1. The van der Waals surface area contributed by atoms with Gasteiger partial charge in [-0.2, -0.15) is 0 Å². The van der Waals surface area contributed by atoms with Gasteiger partial charge in [0, 0.05) is 11.6 Å². The van der Waals surface area contributed by atoms with E-state index in [2.05, 4.69) is 4.98 Å². The van der Waals surface area contributed by atoms with Crippen LogP contribution in [0.5, 0.6) is 0 Å². The number of thioether (sulfide) groups is 1. The summed E-state index contributed by atoms with van der Waals surface area (Å²) in [6, 6.07) is 14.8. The highest BCUT2D eigenvalue weighted by atomic mass is 32.2. The van der Waals surface area contributed by atoms with Gasteiger partial charge in [-0.15, -0.1) is 0 Å². The maximum absolute atomic E-state index is 12.8. The molecule has 128 valence electrons. The molecule has 3 rings (SSSR count). The molecular weight excluding hydrogens is 332 g/mol. The normalized spacial score (nSPS) is 11.2. The highest BCUT2D eigenvalue weighted by Crippen LogP contribution is 2.22. The molecule has 0 radical (unpaired) electrons. The SMILES string of the molecule is Cc1ccc(C(=O)CSc2nc3ccccc3c(=O)n2C(C)C)cc1. The van der Waals surface area contributed by atoms with E-state index in [9.17, 15) is 9.59 Å². The largest absolute Gasteiger partial charge is 0.293 e. The molecule has 3 aromatic rings. The van der Waals surface area contributed by atoms with Crippen molar-refractivity contribution in [2.24, 2.45) is 0 Å². The van der Waals surface area contributed by atoms with Gasteiger partial charge in [-0.1, -0.05) is 53.7 Å². The lowest BCUT2D eigenvalue weighted by molar-refractivity contribution is 0.102. The third-order valence-corrected chi connectivity index (χ3v) is 4.95. The summed E-state index contributed by atoms with van der Waals surface area (Å²) >= 11 is 1.31. The van der Waals surface area contributed by atoms with E-state index >= 15 is 0 Å². The molecule has 1 heterocycles. The van der Waals surface area contributed by atoms with Crippen LogP contribution in [0.15, 0.2) is 58.5 Å². The third-order valence-electron chi connectivity index (χ3n) is 4.00. The molecule has 0 spiro atoms. The number of rotatable bonds is 5. The number of carbonyl (C=O) groups excluding carboxylic acids is 1. The van der Waals surface area contributed by atoms with Crippen molar-refractivity contribution in [3.8, 4) is 0 Å². The molecular formula is C20H20N2O2S. The Morgan fingerprint density at radius 1 is 1.12 bits per heavy atom. The van der Waals surface area contributed by atoms with Crippen molar-refractivity contribution < 1.29 is 4.79 Å². The van der Waals surface area contributed by atoms with E-state index in [-0.39, 0.29) is 23.1 Å². The quantitative estimate of drug-likeness (QED) is 0.391. The second-order valence-corrected chi connectivity index (χ2v) is 7.20. The number of carbonyl (C=O) groups is 1. The predicted molar refractivity (Wildman–Crippen MR) is 103 cm³/mol. The summed E-state index contributed by atoms with van der Waals surface area (Å²) in [7, 11) is 0. The average Bonchev–Trinajstić information content (AvgIpc) is 2.60. The van der Waals surface area contributed by atoms with E-state index in [0.29, 0.717) is 21.6 Å². The Labute approximate surface area is 150 Å². The van der Waals surface area contributed by atoms with Crippen LogP contribution in [0.1, 0.15) is 35.8 Å². The molecule has 0 bridgehead atoms. The van der Waals surface area contributed by atoms with Crippen molar-refractivity contribution in [1.82, 2.24) is 9.55 Å². The highest BCUT2D eigenvalue weighted by molar-refractivity contribution is 7.99. The van der Waals surface area contributed by atoms with Crippen LogP contribution in [-0.4, -0.2) is 21.1 Å². The lowest BCUT2D eigenvalue weighted by atomic mass is 10.1. The molecule has 5 heteroatoms. The van der Waals surface area contributed by atoms with Gasteiger partial charge in [-0.3, -0.25) is 14.2 Å². The van der Waals surface area contributed by atoms with Crippen molar-refractivity contribution in [2.45, 2.75) is 32.0 Å². The molecule has 0 fully saturated rings. The maximum atomic E-state index is 12.8. The Kier molecular flexibility index (Phi) is 5.04. The van der Waals surface area contributed by atoms with Crippen molar-refractivity contribution in [3.05, 3.63) is 70.0 Å². The standard InChI is InChI=1S/C20H20N2O2S/c1-13(2)22-19(24)16-6-4-5-7-17(16)21-20(22)25-12-18(23)15-10-8-14(3)9-11-15/h4-11,13H,12H2,1-3H3. The monoisotopic (exact) mass is 352 g/mol. The molecule has 25 heavy (non-hydrogen) atoms. The van der Waals surface area contributed by atoms with Crippen LogP contribution in [0.25, 0.3) is 10.9 Å². The van der Waals surface area contributed by atoms with Gasteiger partial charge in [0.05, 0.1) is 16.7 Å². The van der Waals surface area contributed by atoms with Crippen molar-refractivity contribution in [3.63, 3.8) is 0 Å². The van der Waals surface area contributed by atoms with Gasteiger partial charge in [0.15, 0.2) is 10.9 Å². The van der Waals surface area contributed by atoms with Crippen LogP contribution in [0.4, 0.5) is 0 Å². The number of aromatic nitrogens is 2. The minimum absolute atomic E-state index is 0.0263. The Morgan fingerprint density at radius 2 is 1.80 bits per heavy atom. The second kappa shape index (κ2) is 7.23. The lowest BCUT2D eigenvalue weighted by Crippen LogP contribution is -2.25.